The zero-order valence-electron chi connectivity index (χ0n) is 14.4. The average molecular weight is 354 g/mol. The van der Waals surface area contributed by atoms with Crippen molar-refractivity contribution in [2.45, 2.75) is 43.9 Å². The first-order chi connectivity index (χ1) is 11.2. The van der Waals surface area contributed by atoms with Gasteiger partial charge in [-0.05, 0) is 18.4 Å². The number of nitrogens with zero attached hydrogens (tertiary/aromatic N) is 2. The summed E-state index contributed by atoms with van der Waals surface area (Å²) in [5.74, 6) is -0.319. The van der Waals surface area contributed by atoms with E-state index in [1.54, 1.807) is 31.3 Å². The normalized spacial score (nSPS) is 23.0. The highest BCUT2D eigenvalue weighted by Crippen LogP contribution is 2.28. The SMILES string of the molecule is CN(C(=O)[C@H](c1ccccc1)N(C)S(C)(=O)=O)[C@@H]1CCCC[C@H]1O. The number of aliphatic hydroxyl groups is 1. The summed E-state index contributed by atoms with van der Waals surface area (Å²) in [6.07, 6.45) is 3.83. The monoisotopic (exact) mass is 354 g/mol. The van der Waals surface area contributed by atoms with Crippen molar-refractivity contribution in [1.29, 1.82) is 0 Å². The molecular weight excluding hydrogens is 328 g/mol. The minimum atomic E-state index is -3.55. The number of sulfonamides is 1. The van der Waals surface area contributed by atoms with Crippen molar-refractivity contribution in [3.05, 3.63) is 35.9 Å². The summed E-state index contributed by atoms with van der Waals surface area (Å²) in [5, 5.41) is 10.2. The standard InChI is InChI=1S/C17H26N2O4S/c1-18(14-11-7-8-12-15(14)20)17(21)16(19(2)24(3,22)23)13-9-5-4-6-10-13/h4-6,9-10,14-16,20H,7-8,11-12H2,1-3H3/t14-,15-,16+/m1/s1. The van der Waals surface area contributed by atoms with Crippen LogP contribution in [0.15, 0.2) is 30.3 Å². The second kappa shape index (κ2) is 7.63. The van der Waals surface area contributed by atoms with Crippen molar-refractivity contribution in [1.82, 2.24) is 9.21 Å². The summed E-state index contributed by atoms with van der Waals surface area (Å²) in [6.45, 7) is 0. The van der Waals surface area contributed by atoms with E-state index in [1.807, 2.05) is 6.07 Å². The Hall–Kier alpha value is -1.44. The number of hydrogen-bond donors (Lipinski definition) is 1. The molecule has 1 aromatic carbocycles. The van der Waals surface area contributed by atoms with Gasteiger partial charge in [-0.1, -0.05) is 43.2 Å². The lowest BCUT2D eigenvalue weighted by molar-refractivity contribution is -0.139. The fourth-order valence-electron chi connectivity index (χ4n) is 3.23. The Morgan fingerprint density at radius 3 is 2.29 bits per heavy atom. The van der Waals surface area contributed by atoms with Crippen LogP contribution < -0.4 is 0 Å². The molecule has 0 aromatic heterocycles. The molecule has 7 heteroatoms. The fraction of sp³-hybridized carbons (Fsp3) is 0.588. The maximum Gasteiger partial charge on any atom is 0.245 e. The molecule has 0 aliphatic heterocycles. The van der Waals surface area contributed by atoms with Crippen molar-refractivity contribution in [2.75, 3.05) is 20.4 Å². The Morgan fingerprint density at radius 1 is 1.17 bits per heavy atom. The highest BCUT2D eigenvalue weighted by atomic mass is 32.2. The number of likely N-dealkylation sites (N-methyl/N-ethyl adjacent to an activating group) is 2. The van der Waals surface area contributed by atoms with E-state index in [4.69, 9.17) is 0 Å². The van der Waals surface area contributed by atoms with Crippen LogP contribution in [0.5, 0.6) is 0 Å². The van der Waals surface area contributed by atoms with E-state index in [9.17, 15) is 18.3 Å². The van der Waals surface area contributed by atoms with Gasteiger partial charge in [-0.15, -0.1) is 0 Å². The zero-order valence-corrected chi connectivity index (χ0v) is 15.2. The Kier molecular flexibility index (Phi) is 6.01. The number of hydrogen-bond acceptors (Lipinski definition) is 4. The van der Waals surface area contributed by atoms with Gasteiger partial charge in [0.2, 0.25) is 15.9 Å². The van der Waals surface area contributed by atoms with E-state index >= 15 is 0 Å². The van der Waals surface area contributed by atoms with Crippen molar-refractivity contribution in [2.24, 2.45) is 0 Å². The van der Waals surface area contributed by atoms with Crippen LogP contribution in [0.4, 0.5) is 0 Å². The maximum absolute atomic E-state index is 13.1. The third-order valence-electron chi connectivity index (χ3n) is 4.77. The second-order valence-electron chi connectivity index (χ2n) is 6.46. The molecule has 1 amide bonds. The molecule has 0 saturated heterocycles. The summed E-state index contributed by atoms with van der Waals surface area (Å²) in [4.78, 5) is 14.6. The quantitative estimate of drug-likeness (QED) is 0.866. The van der Waals surface area contributed by atoms with Crippen LogP contribution in [0.1, 0.15) is 37.3 Å². The number of carbonyl (C=O) groups excluding carboxylic acids is 1. The Bertz CT molecular complexity index is 662. The van der Waals surface area contributed by atoms with Gasteiger partial charge >= 0.3 is 0 Å². The molecule has 3 atom stereocenters. The van der Waals surface area contributed by atoms with Crippen LogP contribution in [-0.2, 0) is 14.8 Å². The maximum atomic E-state index is 13.1. The molecule has 134 valence electrons. The number of rotatable bonds is 5. The summed E-state index contributed by atoms with van der Waals surface area (Å²) in [6, 6.07) is 7.67. The van der Waals surface area contributed by atoms with E-state index < -0.39 is 22.2 Å². The van der Waals surface area contributed by atoms with Crippen LogP contribution in [0.3, 0.4) is 0 Å². The molecule has 1 aromatic rings. The number of benzene rings is 1. The number of carbonyl (C=O) groups is 1. The van der Waals surface area contributed by atoms with E-state index in [0.717, 1.165) is 29.8 Å². The van der Waals surface area contributed by atoms with Gasteiger partial charge in [0.1, 0.15) is 6.04 Å². The number of amides is 1. The van der Waals surface area contributed by atoms with Gasteiger partial charge in [-0.25, -0.2) is 8.42 Å². The third-order valence-corrected chi connectivity index (χ3v) is 6.03. The predicted octanol–water partition coefficient (Wildman–Crippen LogP) is 1.38. The van der Waals surface area contributed by atoms with E-state index in [-0.39, 0.29) is 11.9 Å². The van der Waals surface area contributed by atoms with Gasteiger partial charge in [0.25, 0.3) is 0 Å². The number of aliphatic hydroxyl groups excluding tert-OH is 1. The van der Waals surface area contributed by atoms with E-state index in [0.29, 0.717) is 12.0 Å². The smallest absolute Gasteiger partial charge is 0.245 e. The lowest BCUT2D eigenvalue weighted by Crippen LogP contribution is -2.50. The predicted molar refractivity (Wildman–Crippen MR) is 92.8 cm³/mol. The van der Waals surface area contributed by atoms with Crippen LogP contribution in [0.2, 0.25) is 0 Å². The largest absolute Gasteiger partial charge is 0.391 e. The molecule has 24 heavy (non-hydrogen) atoms. The van der Waals surface area contributed by atoms with Gasteiger partial charge in [-0.2, -0.15) is 4.31 Å². The van der Waals surface area contributed by atoms with E-state index in [1.165, 1.54) is 11.9 Å². The topological polar surface area (TPSA) is 77.9 Å². The average Bonchev–Trinajstić information content (AvgIpc) is 2.55. The Balaban J connectivity index is 2.34. The molecule has 0 radical (unpaired) electrons. The molecule has 1 fully saturated rings. The molecule has 0 unspecified atom stereocenters. The van der Waals surface area contributed by atoms with E-state index in [2.05, 4.69) is 0 Å². The summed E-state index contributed by atoms with van der Waals surface area (Å²) < 4.78 is 25.1. The Labute approximate surface area is 144 Å². The first kappa shape index (κ1) is 18.9. The van der Waals surface area contributed by atoms with Gasteiger partial charge < -0.3 is 10.0 Å². The van der Waals surface area contributed by atoms with Crippen molar-refractivity contribution >= 4 is 15.9 Å². The molecule has 1 aliphatic carbocycles. The molecule has 6 nitrogen and oxygen atoms in total. The minimum Gasteiger partial charge on any atom is -0.391 e. The highest BCUT2D eigenvalue weighted by molar-refractivity contribution is 7.88. The fourth-order valence-corrected chi connectivity index (χ4v) is 3.83. The Morgan fingerprint density at radius 2 is 1.75 bits per heavy atom. The summed E-state index contributed by atoms with van der Waals surface area (Å²) >= 11 is 0. The minimum absolute atomic E-state index is 0.273. The molecular formula is C17H26N2O4S. The lowest BCUT2D eigenvalue weighted by Gasteiger charge is -2.38. The van der Waals surface area contributed by atoms with Crippen molar-refractivity contribution < 1.29 is 18.3 Å². The third kappa shape index (κ3) is 4.15. The molecule has 0 heterocycles. The van der Waals surface area contributed by atoms with Crippen molar-refractivity contribution in [3.8, 4) is 0 Å². The second-order valence-corrected chi connectivity index (χ2v) is 8.50. The van der Waals surface area contributed by atoms with Crippen LogP contribution in [0.25, 0.3) is 0 Å². The first-order valence-electron chi connectivity index (χ1n) is 8.16. The molecule has 2 rings (SSSR count). The molecule has 1 saturated carbocycles. The van der Waals surface area contributed by atoms with Crippen LogP contribution in [-0.4, -0.2) is 61.1 Å². The zero-order chi connectivity index (χ0) is 17.9. The summed E-state index contributed by atoms with van der Waals surface area (Å²) in [5.41, 5.74) is 0.618. The van der Waals surface area contributed by atoms with Gasteiger partial charge in [-0.3, -0.25) is 4.79 Å². The molecule has 0 bridgehead atoms. The van der Waals surface area contributed by atoms with Gasteiger partial charge in [0.05, 0.1) is 18.4 Å². The highest BCUT2D eigenvalue weighted by Gasteiger charge is 2.37. The molecule has 1 N–H and O–H groups in total. The van der Waals surface area contributed by atoms with Crippen LogP contribution in [0, 0.1) is 0 Å². The summed E-state index contributed by atoms with van der Waals surface area (Å²) in [7, 11) is -0.490. The van der Waals surface area contributed by atoms with Gasteiger partial charge in [0, 0.05) is 14.1 Å². The molecule has 1 aliphatic rings. The molecule has 0 spiro atoms. The lowest BCUT2D eigenvalue weighted by atomic mass is 9.91. The van der Waals surface area contributed by atoms with Gasteiger partial charge in [0.15, 0.2) is 0 Å². The van der Waals surface area contributed by atoms with Crippen molar-refractivity contribution in [3.63, 3.8) is 0 Å². The van der Waals surface area contributed by atoms with Crippen LogP contribution >= 0.6 is 0 Å². The first-order valence-corrected chi connectivity index (χ1v) is 10.0.